The van der Waals surface area contributed by atoms with Gasteiger partial charge in [0.25, 0.3) is 0 Å². The molecular weight excluding hydrogens is 214 g/mol. The smallest absolute Gasteiger partial charge is 0.192 e. The molecule has 4 nitrogen and oxygen atoms in total. The molecule has 2 N–H and O–H groups in total. The Labute approximate surface area is 101 Å². The fraction of sp³-hybridized carbons (Fsp3) is 0.308. The fourth-order valence-corrected chi connectivity index (χ4v) is 2.10. The highest BCUT2D eigenvalue weighted by Crippen LogP contribution is 2.31. The summed E-state index contributed by atoms with van der Waals surface area (Å²) in [5.41, 5.74) is 6.98. The van der Waals surface area contributed by atoms with Gasteiger partial charge in [0, 0.05) is 12.1 Å². The average molecular weight is 231 g/mol. The molecule has 0 bridgehead atoms. The first-order chi connectivity index (χ1) is 8.27. The minimum Gasteiger partial charge on any atom is -0.496 e. The zero-order valence-electron chi connectivity index (χ0n) is 9.97. The molecule has 90 valence electrons. The van der Waals surface area contributed by atoms with E-state index in [1.807, 2.05) is 35.2 Å². The van der Waals surface area contributed by atoms with Crippen LogP contribution >= 0.6 is 0 Å². The third-order valence-corrected chi connectivity index (χ3v) is 2.92. The molecule has 2 rings (SSSR count). The highest BCUT2D eigenvalue weighted by Gasteiger charge is 2.28. The monoisotopic (exact) mass is 231 g/mol. The molecule has 1 aliphatic heterocycles. The lowest BCUT2D eigenvalue weighted by Crippen LogP contribution is -2.36. The number of rotatable bonds is 4. The van der Waals surface area contributed by atoms with Crippen molar-refractivity contribution in [2.75, 3.05) is 20.2 Å². The number of aliphatic imine (C=N–C) groups is 1. The fourth-order valence-electron chi connectivity index (χ4n) is 2.10. The maximum absolute atomic E-state index is 5.87. The molecule has 0 saturated heterocycles. The van der Waals surface area contributed by atoms with E-state index in [1.54, 1.807) is 7.11 Å². The Bertz CT molecular complexity index is 442. The number of ether oxygens (including phenoxy) is 1. The van der Waals surface area contributed by atoms with Gasteiger partial charge in [-0.25, -0.2) is 0 Å². The second-order valence-electron chi connectivity index (χ2n) is 3.90. The maximum Gasteiger partial charge on any atom is 0.192 e. The van der Waals surface area contributed by atoms with Crippen LogP contribution in [0.4, 0.5) is 0 Å². The van der Waals surface area contributed by atoms with Crippen molar-refractivity contribution in [3.8, 4) is 5.75 Å². The Morgan fingerprint density at radius 2 is 2.35 bits per heavy atom. The lowest BCUT2D eigenvalue weighted by atomic mass is 10.1. The second kappa shape index (κ2) is 4.91. The average Bonchev–Trinajstić information content (AvgIpc) is 2.72. The molecule has 0 spiro atoms. The molecule has 1 atom stereocenters. The molecule has 0 saturated carbocycles. The van der Waals surface area contributed by atoms with Gasteiger partial charge in [-0.1, -0.05) is 24.3 Å². The van der Waals surface area contributed by atoms with E-state index in [-0.39, 0.29) is 6.04 Å². The molecule has 1 unspecified atom stereocenters. The van der Waals surface area contributed by atoms with Crippen molar-refractivity contribution in [2.24, 2.45) is 10.7 Å². The van der Waals surface area contributed by atoms with Crippen LogP contribution in [0.2, 0.25) is 0 Å². The van der Waals surface area contributed by atoms with Crippen molar-refractivity contribution in [3.05, 3.63) is 42.5 Å². The van der Waals surface area contributed by atoms with Gasteiger partial charge in [0.05, 0.1) is 19.7 Å². The zero-order chi connectivity index (χ0) is 12.3. The van der Waals surface area contributed by atoms with Crippen LogP contribution in [0.3, 0.4) is 0 Å². The quantitative estimate of drug-likeness (QED) is 0.800. The van der Waals surface area contributed by atoms with Crippen LogP contribution in [0.5, 0.6) is 5.75 Å². The molecule has 0 aliphatic carbocycles. The van der Waals surface area contributed by atoms with E-state index in [4.69, 9.17) is 10.5 Å². The van der Waals surface area contributed by atoms with E-state index in [9.17, 15) is 0 Å². The van der Waals surface area contributed by atoms with Crippen LogP contribution in [0.25, 0.3) is 0 Å². The van der Waals surface area contributed by atoms with Gasteiger partial charge in [0.1, 0.15) is 5.75 Å². The summed E-state index contributed by atoms with van der Waals surface area (Å²) in [7, 11) is 1.68. The van der Waals surface area contributed by atoms with Gasteiger partial charge in [0.15, 0.2) is 5.96 Å². The largest absolute Gasteiger partial charge is 0.496 e. The Kier molecular flexibility index (Phi) is 3.32. The topological polar surface area (TPSA) is 50.8 Å². The molecule has 0 amide bonds. The summed E-state index contributed by atoms with van der Waals surface area (Å²) in [4.78, 5) is 6.32. The van der Waals surface area contributed by atoms with Gasteiger partial charge < -0.3 is 15.4 Å². The van der Waals surface area contributed by atoms with Gasteiger partial charge >= 0.3 is 0 Å². The van der Waals surface area contributed by atoms with E-state index in [1.165, 1.54) is 0 Å². The minimum atomic E-state index is 0.143. The van der Waals surface area contributed by atoms with Crippen LogP contribution in [0.1, 0.15) is 11.6 Å². The summed E-state index contributed by atoms with van der Waals surface area (Å²) >= 11 is 0. The normalized spacial score (nSPS) is 19.0. The first-order valence-corrected chi connectivity index (χ1v) is 5.58. The molecule has 17 heavy (non-hydrogen) atoms. The Hall–Kier alpha value is -1.97. The summed E-state index contributed by atoms with van der Waals surface area (Å²) in [6.45, 7) is 5.11. The highest BCUT2D eigenvalue weighted by molar-refractivity contribution is 5.80. The van der Waals surface area contributed by atoms with E-state index >= 15 is 0 Å². The predicted octanol–water partition coefficient (Wildman–Crippen LogP) is 1.55. The van der Waals surface area contributed by atoms with Crippen molar-refractivity contribution < 1.29 is 4.74 Å². The molecule has 1 heterocycles. The summed E-state index contributed by atoms with van der Waals surface area (Å²) < 4.78 is 5.38. The van der Waals surface area contributed by atoms with Gasteiger partial charge in [-0.05, 0) is 6.07 Å². The highest BCUT2D eigenvalue weighted by atomic mass is 16.5. The van der Waals surface area contributed by atoms with Gasteiger partial charge in [-0.3, -0.25) is 4.99 Å². The maximum atomic E-state index is 5.87. The third-order valence-electron chi connectivity index (χ3n) is 2.92. The van der Waals surface area contributed by atoms with Crippen molar-refractivity contribution in [3.63, 3.8) is 0 Å². The first-order valence-electron chi connectivity index (χ1n) is 5.58. The van der Waals surface area contributed by atoms with E-state index in [2.05, 4.69) is 11.6 Å². The Balaban J connectivity index is 2.30. The number of hydrogen-bond donors (Lipinski definition) is 1. The summed E-state index contributed by atoms with van der Waals surface area (Å²) in [6.07, 6.45) is 1.83. The Morgan fingerprint density at radius 3 is 3.06 bits per heavy atom. The molecular formula is C13H17N3O. The zero-order valence-corrected chi connectivity index (χ0v) is 9.97. The van der Waals surface area contributed by atoms with Crippen LogP contribution < -0.4 is 10.5 Å². The summed E-state index contributed by atoms with van der Waals surface area (Å²) in [5, 5.41) is 0. The summed E-state index contributed by atoms with van der Waals surface area (Å²) in [6, 6.07) is 8.10. The lowest BCUT2D eigenvalue weighted by molar-refractivity contribution is 0.353. The number of hydrogen-bond acceptors (Lipinski definition) is 4. The minimum absolute atomic E-state index is 0.143. The molecule has 4 heteroatoms. The van der Waals surface area contributed by atoms with Gasteiger partial charge in [0.2, 0.25) is 0 Å². The number of methoxy groups -OCH3 is 1. The molecule has 1 aliphatic rings. The van der Waals surface area contributed by atoms with Crippen LogP contribution in [-0.4, -0.2) is 31.1 Å². The number of nitrogens with zero attached hydrogens (tertiary/aromatic N) is 2. The van der Waals surface area contributed by atoms with Crippen molar-refractivity contribution in [1.29, 1.82) is 0 Å². The first kappa shape index (κ1) is 11.5. The number of para-hydroxylation sites is 1. The third kappa shape index (κ3) is 2.11. The van der Waals surface area contributed by atoms with Crippen LogP contribution in [-0.2, 0) is 0 Å². The van der Waals surface area contributed by atoms with Gasteiger partial charge in [-0.15, -0.1) is 6.58 Å². The second-order valence-corrected chi connectivity index (χ2v) is 3.90. The van der Waals surface area contributed by atoms with Crippen LogP contribution in [0, 0.1) is 0 Å². The molecule has 0 fully saturated rings. The predicted molar refractivity (Wildman–Crippen MR) is 69.1 cm³/mol. The van der Waals surface area contributed by atoms with E-state index in [0.717, 1.165) is 11.3 Å². The summed E-state index contributed by atoms with van der Waals surface area (Å²) in [5.74, 6) is 1.44. The molecule has 1 aromatic rings. The number of guanidine groups is 1. The van der Waals surface area contributed by atoms with Crippen molar-refractivity contribution in [2.45, 2.75) is 6.04 Å². The molecule has 1 aromatic carbocycles. The van der Waals surface area contributed by atoms with E-state index < -0.39 is 0 Å². The molecule has 0 aromatic heterocycles. The lowest BCUT2D eigenvalue weighted by Gasteiger charge is -2.26. The number of nitrogens with two attached hydrogens (primary N) is 1. The Morgan fingerprint density at radius 1 is 1.59 bits per heavy atom. The molecule has 0 radical (unpaired) electrons. The van der Waals surface area contributed by atoms with Crippen molar-refractivity contribution in [1.82, 2.24) is 4.90 Å². The van der Waals surface area contributed by atoms with Crippen LogP contribution in [0.15, 0.2) is 41.9 Å². The van der Waals surface area contributed by atoms with Crippen molar-refractivity contribution >= 4 is 5.96 Å². The van der Waals surface area contributed by atoms with Gasteiger partial charge in [-0.2, -0.15) is 0 Å². The van der Waals surface area contributed by atoms with E-state index in [0.29, 0.717) is 19.0 Å². The number of benzene rings is 1. The SMILES string of the molecule is C=CCN1C(N)=NCC1c1ccccc1OC. The standard InChI is InChI=1S/C13H17N3O/c1-3-8-16-11(9-15-13(16)14)10-6-4-5-7-12(10)17-2/h3-7,11H,1,8-9H2,2H3,(H2,14,15).